The molecule has 2 aromatic carbocycles. The monoisotopic (exact) mass is 365 g/mol. The van der Waals surface area contributed by atoms with Gasteiger partial charge in [-0.3, -0.25) is 0 Å². The summed E-state index contributed by atoms with van der Waals surface area (Å²) < 4.78 is 6.47. The minimum atomic E-state index is 0.308. The molecule has 0 heterocycles. The van der Waals surface area contributed by atoms with E-state index in [1.807, 2.05) is 30.0 Å². The van der Waals surface area contributed by atoms with Gasteiger partial charge in [-0.2, -0.15) is 0 Å². The number of hydrogen-bond acceptors (Lipinski definition) is 3. The fraction of sp³-hybridized carbons (Fsp3) is 0.294. The maximum Gasteiger partial charge on any atom is 0.119 e. The largest absolute Gasteiger partial charge is 0.497 e. The van der Waals surface area contributed by atoms with Crippen molar-refractivity contribution in [3.05, 3.63) is 58.6 Å². The molecule has 0 bridgehead atoms. The summed E-state index contributed by atoms with van der Waals surface area (Å²) >= 11 is 5.46. The van der Waals surface area contributed by atoms with Gasteiger partial charge in [-0.05, 0) is 52.3 Å². The number of methoxy groups -OCH3 is 1. The smallest absolute Gasteiger partial charge is 0.119 e. The van der Waals surface area contributed by atoms with E-state index in [1.165, 1.54) is 10.5 Å². The Bertz CT molecular complexity index is 576. The number of hydrogen-bond donors (Lipinski definition) is 1. The Morgan fingerprint density at radius 2 is 2.00 bits per heavy atom. The Labute approximate surface area is 139 Å². The summed E-state index contributed by atoms with van der Waals surface area (Å²) in [7, 11) is 1.71. The van der Waals surface area contributed by atoms with Crippen LogP contribution in [0.2, 0.25) is 0 Å². The predicted octanol–water partition coefficient (Wildman–Crippen LogP) is 4.90. The van der Waals surface area contributed by atoms with Gasteiger partial charge in [-0.1, -0.05) is 31.2 Å². The summed E-state index contributed by atoms with van der Waals surface area (Å²) in [5, 5.41) is 3.55. The highest BCUT2D eigenvalue weighted by molar-refractivity contribution is 9.10. The molecule has 0 saturated heterocycles. The van der Waals surface area contributed by atoms with Gasteiger partial charge in [-0.25, -0.2) is 0 Å². The standard InChI is InChI=1S/C17H20BrNOS/c1-3-19-16(13-7-6-8-14(11-13)20-2)12-21-17-10-5-4-9-15(17)18/h4-11,16,19H,3,12H2,1-2H3. The molecule has 0 aliphatic heterocycles. The van der Waals surface area contributed by atoms with Crippen LogP contribution in [-0.2, 0) is 0 Å². The normalized spacial score (nSPS) is 12.1. The summed E-state index contributed by atoms with van der Waals surface area (Å²) in [5.41, 5.74) is 1.26. The van der Waals surface area contributed by atoms with Crippen molar-refractivity contribution in [1.82, 2.24) is 5.32 Å². The fourth-order valence-corrected chi connectivity index (χ4v) is 3.78. The topological polar surface area (TPSA) is 21.3 Å². The lowest BCUT2D eigenvalue weighted by Crippen LogP contribution is -2.22. The molecule has 0 aliphatic carbocycles. The molecular weight excluding hydrogens is 346 g/mol. The van der Waals surface area contributed by atoms with Gasteiger partial charge in [0.2, 0.25) is 0 Å². The Hall–Kier alpha value is -0.970. The highest BCUT2D eigenvalue weighted by atomic mass is 79.9. The predicted molar refractivity (Wildman–Crippen MR) is 94.3 cm³/mol. The van der Waals surface area contributed by atoms with Crippen molar-refractivity contribution >= 4 is 27.7 Å². The van der Waals surface area contributed by atoms with Crippen LogP contribution in [0.1, 0.15) is 18.5 Å². The maximum absolute atomic E-state index is 5.32. The molecule has 1 atom stereocenters. The minimum Gasteiger partial charge on any atom is -0.497 e. The number of rotatable bonds is 7. The first-order chi connectivity index (χ1) is 10.2. The van der Waals surface area contributed by atoms with Crippen molar-refractivity contribution in [3.8, 4) is 5.75 Å². The van der Waals surface area contributed by atoms with E-state index >= 15 is 0 Å². The second-order valence-electron chi connectivity index (χ2n) is 4.63. The molecule has 0 fully saturated rings. The average molecular weight is 366 g/mol. The van der Waals surface area contributed by atoms with Crippen molar-refractivity contribution < 1.29 is 4.74 Å². The van der Waals surface area contributed by atoms with Gasteiger partial charge in [-0.15, -0.1) is 11.8 Å². The first kappa shape index (κ1) is 16.4. The number of nitrogens with one attached hydrogen (secondary N) is 1. The third-order valence-electron chi connectivity index (χ3n) is 3.19. The Morgan fingerprint density at radius 1 is 1.19 bits per heavy atom. The van der Waals surface area contributed by atoms with E-state index < -0.39 is 0 Å². The molecule has 0 aromatic heterocycles. The summed E-state index contributed by atoms with van der Waals surface area (Å²) in [4.78, 5) is 1.27. The molecule has 1 unspecified atom stereocenters. The number of halogens is 1. The van der Waals surface area contributed by atoms with Gasteiger partial charge in [0.1, 0.15) is 5.75 Å². The van der Waals surface area contributed by atoms with Crippen molar-refractivity contribution in [2.45, 2.75) is 17.9 Å². The number of ether oxygens (including phenoxy) is 1. The summed E-state index contributed by atoms with van der Waals surface area (Å²) in [6.45, 7) is 3.08. The van der Waals surface area contributed by atoms with E-state index in [2.05, 4.69) is 58.5 Å². The third kappa shape index (κ3) is 4.77. The maximum atomic E-state index is 5.32. The Morgan fingerprint density at radius 3 is 2.71 bits per heavy atom. The van der Waals surface area contributed by atoms with E-state index in [9.17, 15) is 0 Å². The van der Waals surface area contributed by atoms with Crippen LogP contribution < -0.4 is 10.1 Å². The third-order valence-corrected chi connectivity index (χ3v) is 5.31. The first-order valence-electron chi connectivity index (χ1n) is 6.99. The van der Waals surface area contributed by atoms with Crippen LogP contribution in [0.15, 0.2) is 57.9 Å². The zero-order valence-electron chi connectivity index (χ0n) is 12.3. The van der Waals surface area contributed by atoms with Crippen LogP contribution in [0.5, 0.6) is 5.75 Å². The number of thioether (sulfide) groups is 1. The van der Waals surface area contributed by atoms with Gasteiger partial charge in [0, 0.05) is 21.2 Å². The van der Waals surface area contributed by atoms with Crippen molar-refractivity contribution in [1.29, 1.82) is 0 Å². The minimum absolute atomic E-state index is 0.308. The van der Waals surface area contributed by atoms with Gasteiger partial charge < -0.3 is 10.1 Å². The van der Waals surface area contributed by atoms with Crippen LogP contribution in [0.3, 0.4) is 0 Å². The van der Waals surface area contributed by atoms with Crippen LogP contribution in [-0.4, -0.2) is 19.4 Å². The van der Waals surface area contributed by atoms with Crippen LogP contribution in [0, 0.1) is 0 Å². The van der Waals surface area contributed by atoms with Gasteiger partial charge >= 0.3 is 0 Å². The molecule has 0 amide bonds. The summed E-state index contributed by atoms with van der Waals surface area (Å²) in [6, 6.07) is 16.9. The molecule has 21 heavy (non-hydrogen) atoms. The molecule has 0 spiro atoms. The molecule has 2 rings (SSSR count). The van der Waals surface area contributed by atoms with Crippen LogP contribution >= 0.6 is 27.7 Å². The molecule has 2 aromatic rings. The van der Waals surface area contributed by atoms with Crippen molar-refractivity contribution in [2.75, 3.05) is 19.4 Å². The van der Waals surface area contributed by atoms with E-state index in [1.54, 1.807) is 7.11 Å². The lowest BCUT2D eigenvalue weighted by Gasteiger charge is -2.19. The Balaban J connectivity index is 2.10. The number of benzene rings is 2. The zero-order chi connectivity index (χ0) is 15.1. The van der Waals surface area contributed by atoms with Crippen molar-refractivity contribution in [2.24, 2.45) is 0 Å². The molecule has 0 saturated carbocycles. The van der Waals surface area contributed by atoms with Crippen LogP contribution in [0.4, 0.5) is 0 Å². The fourth-order valence-electron chi connectivity index (χ4n) is 2.11. The highest BCUT2D eigenvalue weighted by Gasteiger charge is 2.12. The SMILES string of the molecule is CCNC(CSc1ccccc1Br)c1cccc(OC)c1. The van der Waals surface area contributed by atoms with E-state index in [-0.39, 0.29) is 0 Å². The Kier molecular flexibility index (Phi) is 6.61. The molecule has 0 aliphatic rings. The lowest BCUT2D eigenvalue weighted by molar-refractivity contribution is 0.413. The van der Waals surface area contributed by atoms with E-state index in [0.717, 1.165) is 22.5 Å². The van der Waals surface area contributed by atoms with E-state index in [4.69, 9.17) is 4.74 Å². The molecule has 0 radical (unpaired) electrons. The van der Waals surface area contributed by atoms with Gasteiger partial charge in [0.15, 0.2) is 0 Å². The quantitative estimate of drug-likeness (QED) is 0.705. The first-order valence-corrected chi connectivity index (χ1v) is 8.77. The van der Waals surface area contributed by atoms with Crippen molar-refractivity contribution in [3.63, 3.8) is 0 Å². The molecule has 4 heteroatoms. The summed E-state index contributed by atoms with van der Waals surface area (Å²) in [5.74, 6) is 1.88. The lowest BCUT2D eigenvalue weighted by atomic mass is 10.1. The summed E-state index contributed by atoms with van der Waals surface area (Å²) in [6.07, 6.45) is 0. The molecular formula is C17H20BrNOS. The van der Waals surface area contributed by atoms with Gasteiger partial charge in [0.05, 0.1) is 7.11 Å². The highest BCUT2D eigenvalue weighted by Crippen LogP contribution is 2.31. The van der Waals surface area contributed by atoms with Crippen LogP contribution in [0.25, 0.3) is 0 Å². The van der Waals surface area contributed by atoms with Gasteiger partial charge in [0.25, 0.3) is 0 Å². The zero-order valence-corrected chi connectivity index (χ0v) is 14.7. The second kappa shape index (κ2) is 8.47. The molecule has 1 N–H and O–H groups in total. The van der Waals surface area contributed by atoms with E-state index in [0.29, 0.717) is 6.04 Å². The second-order valence-corrected chi connectivity index (χ2v) is 6.54. The molecule has 112 valence electrons. The average Bonchev–Trinajstić information content (AvgIpc) is 2.53. The molecule has 2 nitrogen and oxygen atoms in total.